The lowest BCUT2D eigenvalue weighted by Crippen LogP contribution is -2.35. The molecule has 1 atom stereocenters. The number of nitrogens with one attached hydrogen (secondary N) is 1. The Bertz CT molecular complexity index is 152. The van der Waals surface area contributed by atoms with Crippen molar-refractivity contribution in [3.05, 3.63) is 0 Å². The lowest BCUT2D eigenvalue weighted by atomic mass is 10.1. The molecule has 0 saturated heterocycles. The van der Waals surface area contributed by atoms with Crippen molar-refractivity contribution in [1.29, 1.82) is 0 Å². The molecule has 84 valence electrons. The highest BCUT2D eigenvalue weighted by Gasteiger charge is 2.20. The first-order valence-electron chi connectivity index (χ1n) is 6.03. The molecular formula is C12H26N2. The summed E-state index contributed by atoms with van der Waals surface area (Å²) in [5, 5.41) is 3.57. The Morgan fingerprint density at radius 3 is 2.43 bits per heavy atom. The van der Waals surface area contributed by atoms with Gasteiger partial charge in [0.2, 0.25) is 0 Å². The highest BCUT2D eigenvalue weighted by atomic mass is 15.1. The van der Waals surface area contributed by atoms with Crippen LogP contribution in [-0.4, -0.2) is 37.1 Å². The molecule has 1 aliphatic rings. The summed E-state index contributed by atoms with van der Waals surface area (Å²) in [6.07, 6.45) is 4.08. The Morgan fingerprint density at radius 2 is 1.93 bits per heavy atom. The van der Waals surface area contributed by atoms with Crippen LogP contribution in [0.25, 0.3) is 0 Å². The molecule has 0 radical (unpaired) electrons. The monoisotopic (exact) mass is 198 g/mol. The molecule has 0 aromatic heterocycles. The molecule has 1 rings (SSSR count). The zero-order valence-corrected chi connectivity index (χ0v) is 10.2. The fraction of sp³-hybridized carbons (Fsp3) is 1.00. The van der Waals surface area contributed by atoms with Crippen molar-refractivity contribution >= 4 is 0 Å². The molecule has 1 N–H and O–H groups in total. The van der Waals surface area contributed by atoms with E-state index in [9.17, 15) is 0 Å². The third kappa shape index (κ3) is 4.97. The minimum absolute atomic E-state index is 0.712. The Labute approximate surface area is 89.1 Å². The Hall–Kier alpha value is -0.0800. The molecule has 1 aliphatic carbocycles. The van der Waals surface area contributed by atoms with E-state index in [1.807, 2.05) is 0 Å². The maximum atomic E-state index is 3.57. The Balaban J connectivity index is 2.02. The molecular weight excluding hydrogens is 172 g/mol. The summed E-state index contributed by atoms with van der Waals surface area (Å²) in [5.74, 6) is 0.777. The molecule has 2 nitrogen and oxygen atoms in total. The van der Waals surface area contributed by atoms with Gasteiger partial charge in [0.15, 0.2) is 0 Å². The summed E-state index contributed by atoms with van der Waals surface area (Å²) in [7, 11) is 2.24. The fourth-order valence-corrected chi connectivity index (χ4v) is 1.76. The van der Waals surface area contributed by atoms with Crippen LogP contribution in [0.15, 0.2) is 0 Å². The average molecular weight is 198 g/mol. The standard InChI is InChI=1S/C12H26N2/c1-10(2)9-14(4)11(3)7-8-13-12-5-6-12/h10-13H,5-9H2,1-4H3. The maximum Gasteiger partial charge on any atom is 0.00760 e. The number of hydrogen-bond donors (Lipinski definition) is 1. The van der Waals surface area contributed by atoms with E-state index < -0.39 is 0 Å². The van der Waals surface area contributed by atoms with Crippen LogP contribution in [0.2, 0.25) is 0 Å². The van der Waals surface area contributed by atoms with Crippen LogP contribution in [0.4, 0.5) is 0 Å². The van der Waals surface area contributed by atoms with Crippen LogP contribution in [0.1, 0.15) is 40.0 Å². The van der Waals surface area contributed by atoms with Crippen molar-refractivity contribution in [2.24, 2.45) is 5.92 Å². The predicted octanol–water partition coefficient (Wildman–Crippen LogP) is 2.10. The van der Waals surface area contributed by atoms with E-state index in [4.69, 9.17) is 0 Å². The van der Waals surface area contributed by atoms with Gasteiger partial charge >= 0.3 is 0 Å². The van der Waals surface area contributed by atoms with Gasteiger partial charge in [-0.05, 0) is 45.7 Å². The summed E-state index contributed by atoms with van der Waals surface area (Å²) in [4.78, 5) is 2.47. The zero-order valence-electron chi connectivity index (χ0n) is 10.2. The van der Waals surface area contributed by atoms with Crippen LogP contribution in [-0.2, 0) is 0 Å². The van der Waals surface area contributed by atoms with Crippen molar-refractivity contribution in [1.82, 2.24) is 10.2 Å². The molecule has 0 aromatic carbocycles. The quantitative estimate of drug-likeness (QED) is 0.674. The molecule has 0 aliphatic heterocycles. The molecule has 0 bridgehead atoms. The van der Waals surface area contributed by atoms with E-state index in [0.29, 0.717) is 6.04 Å². The minimum Gasteiger partial charge on any atom is -0.314 e. The number of nitrogens with zero attached hydrogens (tertiary/aromatic N) is 1. The van der Waals surface area contributed by atoms with Crippen molar-refractivity contribution in [3.8, 4) is 0 Å². The van der Waals surface area contributed by atoms with Gasteiger partial charge in [-0.15, -0.1) is 0 Å². The first-order valence-corrected chi connectivity index (χ1v) is 6.03. The van der Waals surface area contributed by atoms with Gasteiger partial charge in [-0.3, -0.25) is 0 Å². The van der Waals surface area contributed by atoms with Crippen molar-refractivity contribution < 1.29 is 0 Å². The summed E-state index contributed by atoms with van der Waals surface area (Å²) < 4.78 is 0. The van der Waals surface area contributed by atoms with Crippen LogP contribution in [0.3, 0.4) is 0 Å². The van der Waals surface area contributed by atoms with Crippen LogP contribution < -0.4 is 5.32 Å². The first kappa shape index (κ1) is 12.0. The normalized spacial score (nSPS) is 19.3. The van der Waals surface area contributed by atoms with Crippen molar-refractivity contribution in [3.63, 3.8) is 0 Å². The first-order chi connectivity index (χ1) is 6.59. The lowest BCUT2D eigenvalue weighted by Gasteiger charge is -2.26. The number of hydrogen-bond acceptors (Lipinski definition) is 2. The highest BCUT2D eigenvalue weighted by molar-refractivity contribution is 4.81. The van der Waals surface area contributed by atoms with E-state index in [-0.39, 0.29) is 0 Å². The highest BCUT2D eigenvalue weighted by Crippen LogP contribution is 2.18. The molecule has 14 heavy (non-hydrogen) atoms. The van der Waals surface area contributed by atoms with Gasteiger partial charge < -0.3 is 10.2 Å². The van der Waals surface area contributed by atoms with Gasteiger partial charge in [0.25, 0.3) is 0 Å². The molecule has 1 fully saturated rings. The maximum absolute atomic E-state index is 3.57. The number of rotatable bonds is 7. The topological polar surface area (TPSA) is 15.3 Å². The fourth-order valence-electron chi connectivity index (χ4n) is 1.76. The molecule has 0 aromatic rings. The molecule has 2 heteroatoms. The average Bonchev–Trinajstić information content (AvgIpc) is 2.86. The third-order valence-electron chi connectivity index (χ3n) is 2.98. The van der Waals surface area contributed by atoms with E-state index in [0.717, 1.165) is 12.0 Å². The SMILES string of the molecule is CC(C)CN(C)C(C)CCNC1CC1. The second kappa shape index (κ2) is 5.72. The molecule has 0 spiro atoms. The van der Waals surface area contributed by atoms with Gasteiger partial charge in [0, 0.05) is 18.6 Å². The van der Waals surface area contributed by atoms with E-state index >= 15 is 0 Å². The van der Waals surface area contributed by atoms with Crippen molar-refractivity contribution in [2.75, 3.05) is 20.1 Å². The Kier molecular flexibility index (Phi) is 4.90. The van der Waals surface area contributed by atoms with Gasteiger partial charge in [0.05, 0.1) is 0 Å². The van der Waals surface area contributed by atoms with Crippen molar-refractivity contribution in [2.45, 2.75) is 52.1 Å². The molecule has 0 amide bonds. The van der Waals surface area contributed by atoms with E-state index in [2.05, 4.69) is 38.0 Å². The predicted molar refractivity (Wildman–Crippen MR) is 62.6 cm³/mol. The van der Waals surface area contributed by atoms with Crippen LogP contribution >= 0.6 is 0 Å². The summed E-state index contributed by atoms with van der Waals surface area (Å²) in [6.45, 7) is 9.30. The summed E-state index contributed by atoms with van der Waals surface area (Å²) in [5.41, 5.74) is 0. The largest absolute Gasteiger partial charge is 0.314 e. The van der Waals surface area contributed by atoms with Crippen LogP contribution in [0.5, 0.6) is 0 Å². The summed E-state index contributed by atoms with van der Waals surface area (Å²) in [6, 6.07) is 1.57. The Morgan fingerprint density at radius 1 is 1.29 bits per heavy atom. The van der Waals surface area contributed by atoms with Gasteiger partial charge in [-0.25, -0.2) is 0 Å². The lowest BCUT2D eigenvalue weighted by molar-refractivity contribution is 0.220. The molecule has 1 unspecified atom stereocenters. The zero-order chi connectivity index (χ0) is 10.6. The van der Waals surface area contributed by atoms with Gasteiger partial charge in [0.1, 0.15) is 0 Å². The third-order valence-corrected chi connectivity index (χ3v) is 2.98. The molecule has 0 heterocycles. The van der Waals surface area contributed by atoms with Crippen LogP contribution in [0, 0.1) is 5.92 Å². The second-order valence-corrected chi connectivity index (χ2v) is 5.20. The van der Waals surface area contributed by atoms with E-state index in [1.165, 1.54) is 32.4 Å². The second-order valence-electron chi connectivity index (χ2n) is 5.20. The van der Waals surface area contributed by atoms with E-state index in [1.54, 1.807) is 0 Å². The smallest absolute Gasteiger partial charge is 0.00760 e. The summed E-state index contributed by atoms with van der Waals surface area (Å²) >= 11 is 0. The molecule has 1 saturated carbocycles. The minimum atomic E-state index is 0.712. The van der Waals surface area contributed by atoms with Gasteiger partial charge in [-0.2, -0.15) is 0 Å². The van der Waals surface area contributed by atoms with Gasteiger partial charge in [-0.1, -0.05) is 13.8 Å².